The fourth-order valence-corrected chi connectivity index (χ4v) is 2.29. The van der Waals surface area contributed by atoms with Crippen molar-refractivity contribution >= 4 is 23.1 Å². The summed E-state index contributed by atoms with van der Waals surface area (Å²) in [5.74, 6) is -0.757. The van der Waals surface area contributed by atoms with E-state index in [0.29, 0.717) is 0 Å². The van der Waals surface area contributed by atoms with E-state index in [1.54, 1.807) is 12.1 Å². The first-order chi connectivity index (χ1) is 12.8. The Bertz CT molecular complexity index is 956. The Morgan fingerprint density at radius 2 is 1.67 bits per heavy atom. The summed E-state index contributed by atoms with van der Waals surface area (Å²) >= 11 is 0. The molecule has 1 amide bonds. The molecule has 0 radical (unpaired) electrons. The molecule has 0 spiro atoms. The zero-order chi connectivity index (χ0) is 19.4. The summed E-state index contributed by atoms with van der Waals surface area (Å²) in [6.45, 7) is 0. The van der Waals surface area contributed by atoms with E-state index in [9.17, 15) is 22.4 Å². The maximum Gasteiger partial charge on any atom is 0.416 e. The summed E-state index contributed by atoms with van der Waals surface area (Å²) < 4.78 is 51.4. The standard InChI is InChI=1S/C19H13F4N3O/c20-15-3-1-2-4-16(15)26-17-11-12(9-10-24-17)18(27)25-14-7-5-13(6-8-14)19(21,22)23/h1-11H,(H,24,26)(H,25,27). The van der Waals surface area contributed by atoms with Gasteiger partial charge in [-0.05, 0) is 48.5 Å². The first kappa shape index (κ1) is 18.4. The minimum atomic E-state index is -4.44. The van der Waals surface area contributed by atoms with Crippen molar-refractivity contribution in [3.63, 3.8) is 0 Å². The van der Waals surface area contributed by atoms with Crippen molar-refractivity contribution in [1.82, 2.24) is 4.98 Å². The number of rotatable bonds is 4. The number of carbonyl (C=O) groups excluding carboxylic acids is 1. The number of nitrogens with zero attached hydrogens (tertiary/aromatic N) is 1. The molecule has 27 heavy (non-hydrogen) atoms. The monoisotopic (exact) mass is 375 g/mol. The van der Waals surface area contributed by atoms with E-state index in [-0.39, 0.29) is 22.8 Å². The number of hydrogen-bond acceptors (Lipinski definition) is 3. The quantitative estimate of drug-likeness (QED) is 0.614. The van der Waals surface area contributed by atoms with Crippen LogP contribution in [0.2, 0.25) is 0 Å². The van der Waals surface area contributed by atoms with Crippen molar-refractivity contribution in [1.29, 1.82) is 0 Å². The molecular formula is C19H13F4N3O. The number of pyridine rings is 1. The van der Waals surface area contributed by atoms with Crippen LogP contribution < -0.4 is 10.6 Å². The van der Waals surface area contributed by atoms with E-state index < -0.39 is 23.5 Å². The highest BCUT2D eigenvalue weighted by molar-refractivity contribution is 6.04. The predicted octanol–water partition coefficient (Wildman–Crippen LogP) is 5.24. The number of alkyl halides is 3. The number of hydrogen-bond donors (Lipinski definition) is 2. The van der Waals surface area contributed by atoms with Crippen molar-refractivity contribution in [2.24, 2.45) is 0 Å². The second-order valence-corrected chi connectivity index (χ2v) is 5.56. The lowest BCUT2D eigenvalue weighted by molar-refractivity contribution is -0.137. The van der Waals surface area contributed by atoms with Gasteiger partial charge in [-0.2, -0.15) is 13.2 Å². The molecular weight excluding hydrogens is 362 g/mol. The molecule has 0 aliphatic carbocycles. The van der Waals surface area contributed by atoms with Crippen LogP contribution in [0.5, 0.6) is 0 Å². The van der Waals surface area contributed by atoms with Crippen LogP contribution in [-0.2, 0) is 6.18 Å². The molecule has 3 rings (SSSR count). The number of anilines is 3. The van der Waals surface area contributed by atoms with E-state index in [4.69, 9.17) is 0 Å². The molecule has 8 heteroatoms. The molecule has 0 fully saturated rings. The van der Waals surface area contributed by atoms with E-state index in [0.717, 1.165) is 12.1 Å². The van der Waals surface area contributed by atoms with Crippen molar-refractivity contribution in [3.05, 3.63) is 83.8 Å². The molecule has 0 saturated heterocycles. The molecule has 3 aromatic rings. The molecule has 0 bridgehead atoms. The zero-order valence-electron chi connectivity index (χ0n) is 13.7. The number of nitrogens with one attached hydrogen (secondary N) is 2. The van der Waals surface area contributed by atoms with Gasteiger partial charge in [0.1, 0.15) is 11.6 Å². The highest BCUT2D eigenvalue weighted by Crippen LogP contribution is 2.30. The Balaban J connectivity index is 1.73. The van der Waals surface area contributed by atoms with Gasteiger partial charge in [-0.1, -0.05) is 12.1 Å². The van der Waals surface area contributed by atoms with E-state index >= 15 is 0 Å². The Hall–Kier alpha value is -3.42. The van der Waals surface area contributed by atoms with E-state index in [2.05, 4.69) is 15.6 Å². The fourth-order valence-electron chi connectivity index (χ4n) is 2.29. The van der Waals surface area contributed by atoms with Gasteiger partial charge in [0.25, 0.3) is 5.91 Å². The fraction of sp³-hybridized carbons (Fsp3) is 0.0526. The van der Waals surface area contributed by atoms with E-state index in [1.807, 2.05) is 0 Å². The van der Waals surface area contributed by atoms with Crippen LogP contribution in [0, 0.1) is 5.82 Å². The van der Waals surface area contributed by atoms with Crippen molar-refractivity contribution in [2.45, 2.75) is 6.18 Å². The van der Waals surface area contributed by atoms with Gasteiger partial charge in [-0.15, -0.1) is 0 Å². The maximum absolute atomic E-state index is 13.7. The normalized spacial score (nSPS) is 11.1. The number of amides is 1. The van der Waals surface area contributed by atoms with Crippen molar-refractivity contribution < 1.29 is 22.4 Å². The number of para-hydroxylation sites is 1. The van der Waals surface area contributed by atoms with Gasteiger partial charge in [0.05, 0.1) is 11.3 Å². The first-order valence-electron chi connectivity index (χ1n) is 7.79. The van der Waals surface area contributed by atoms with E-state index in [1.165, 1.54) is 42.6 Å². The Morgan fingerprint density at radius 1 is 0.963 bits per heavy atom. The number of carbonyl (C=O) groups is 1. The summed E-state index contributed by atoms with van der Waals surface area (Å²) in [5, 5.41) is 5.27. The molecule has 1 aromatic heterocycles. The second-order valence-electron chi connectivity index (χ2n) is 5.56. The van der Waals surface area contributed by atoms with Crippen LogP contribution in [-0.4, -0.2) is 10.9 Å². The maximum atomic E-state index is 13.7. The lowest BCUT2D eigenvalue weighted by Crippen LogP contribution is -2.13. The summed E-state index contributed by atoms with van der Waals surface area (Å²) in [4.78, 5) is 16.3. The lowest BCUT2D eigenvalue weighted by atomic mass is 10.2. The summed E-state index contributed by atoms with van der Waals surface area (Å²) in [6.07, 6.45) is -3.08. The molecule has 0 atom stereocenters. The average molecular weight is 375 g/mol. The molecule has 138 valence electrons. The Labute approximate surface area is 151 Å². The third-order valence-electron chi connectivity index (χ3n) is 3.63. The Kier molecular flexibility index (Phi) is 5.07. The number of benzene rings is 2. The zero-order valence-corrected chi connectivity index (χ0v) is 13.7. The van der Waals surface area contributed by atoms with Crippen molar-refractivity contribution in [2.75, 3.05) is 10.6 Å². The van der Waals surface area contributed by atoms with Gasteiger partial charge in [-0.25, -0.2) is 9.37 Å². The molecule has 1 heterocycles. The molecule has 0 aliphatic heterocycles. The van der Waals surface area contributed by atoms with Gasteiger partial charge >= 0.3 is 6.18 Å². The summed E-state index contributed by atoms with van der Waals surface area (Å²) in [5.41, 5.74) is -0.178. The summed E-state index contributed by atoms with van der Waals surface area (Å²) in [7, 11) is 0. The highest BCUT2D eigenvalue weighted by Gasteiger charge is 2.30. The largest absolute Gasteiger partial charge is 0.416 e. The van der Waals surface area contributed by atoms with Crippen LogP contribution in [0.15, 0.2) is 66.9 Å². The average Bonchev–Trinajstić information content (AvgIpc) is 2.63. The second kappa shape index (κ2) is 7.45. The summed E-state index contributed by atoms with van der Waals surface area (Å²) in [6, 6.07) is 12.9. The topological polar surface area (TPSA) is 54.0 Å². The third-order valence-corrected chi connectivity index (χ3v) is 3.63. The minimum absolute atomic E-state index is 0.199. The first-order valence-corrected chi connectivity index (χ1v) is 7.79. The molecule has 2 N–H and O–H groups in total. The lowest BCUT2D eigenvalue weighted by Gasteiger charge is -2.10. The third kappa shape index (κ3) is 4.60. The molecule has 0 aliphatic rings. The predicted molar refractivity (Wildman–Crippen MR) is 93.3 cm³/mol. The van der Waals surface area contributed by atoms with Crippen LogP contribution in [0.25, 0.3) is 0 Å². The van der Waals surface area contributed by atoms with Gasteiger partial charge < -0.3 is 10.6 Å². The SMILES string of the molecule is O=C(Nc1ccc(C(F)(F)F)cc1)c1ccnc(Nc2ccccc2F)c1. The molecule has 0 saturated carbocycles. The van der Waals surface area contributed by atoms with Gasteiger partial charge in [0.2, 0.25) is 0 Å². The smallest absolute Gasteiger partial charge is 0.338 e. The van der Waals surface area contributed by atoms with Crippen LogP contribution in [0.3, 0.4) is 0 Å². The number of aromatic nitrogens is 1. The van der Waals surface area contributed by atoms with Crippen LogP contribution in [0.4, 0.5) is 34.8 Å². The van der Waals surface area contributed by atoms with Gasteiger partial charge in [-0.3, -0.25) is 4.79 Å². The van der Waals surface area contributed by atoms with Crippen LogP contribution >= 0.6 is 0 Å². The minimum Gasteiger partial charge on any atom is -0.338 e. The van der Waals surface area contributed by atoms with Gasteiger partial charge in [0, 0.05) is 17.4 Å². The van der Waals surface area contributed by atoms with Crippen molar-refractivity contribution in [3.8, 4) is 0 Å². The molecule has 4 nitrogen and oxygen atoms in total. The molecule has 0 unspecified atom stereocenters. The van der Waals surface area contributed by atoms with Gasteiger partial charge in [0.15, 0.2) is 0 Å². The molecule has 2 aromatic carbocycles. The van der Waals surface area contributed by atoms with Crippen LogP contribution in [0.1, 0.15) is 15.9 Å². The number of halogens is 4. The Morgan fingerprint density at radius 3 is 2.33 bits per heavy atom. The highest BCUT2D eigenvalue weighted by atomic mass is 19.4.